The van der Waals surface area contributed by atoms with Gasteiger partial charge in [-0.15, -0.1) is 0 Å². The van der Waals surface area contributed by atoms with Crippen LogP contribution in [0.5, 0.6) is 5.75 Å². The van der Waals surface area contributed by atoms with E-state index in [9.17, 15) is 18.7 Å². The molecule has 1 saturated heterocycles. The molecule has 0 saturated carbocycles. The van der Waals surface area contributed by atoms with E-state index in [2.05, 4.69) is 20.0 Å². The van der Waals surface area contributed by atoms with Crippen molar-refractivity contribution in [3.63, 3.8) is 0 Å². The minimum Gasteiger partial charge on any atom is -0.518 e. The summed E-state index contributed by atoms with van der Waals surface area (Å²) in [5, 5.41) is 14.4. The van der Waals surface area contributed by atoms with Crippen molar-refractivity contribution in [2.24, 2.45) is 0 Å². The third-order valence-electron chi connectivity index (χ3n) is 6.99. The number of rotatable bonds is 4. The fraction of sp³-hybridized carbons (Fsp3) is 0.281. The maximum absolute atomic E-state index is 14.3. The highest BCUT2D eigenvalue weighted by Gasteiger charge is 2.27. The maximum Gasteiger partial charge on any atom is 0.407 e. The molecule has 0 aliphatic carbocycles. The summed E-state index contributed by atoms with van der Waals surface area (Å²) >= 11 is 0. The molecule has 3 aromatic carbocycles. The van der Waals surface area contributed by atoms with Crippen LogP contribution in [0.4, 0.5) is 25.0 Å². The van der Waals surface area contributed by atoms with Crippen LogP contribution in [-0.2, 0) is 4.74 Å². The number of halogens is 2. The minimum atomic E-state index is -0.694. The molecule has 0 atom stereocenters. The van der Waals surface area contributed by atoms with E-state index in [4.69, 9.17) is 11.3 Å². The summed E-state index contributed by atoms with van der Waals surface area (Å²) in [5.41, 5.74) is 3.04. The van der Waals surface area contributed by atoms with Gasteiger partial charge in [-0.2, -0.15) is 0 Å². The zero-order valence-corrected chi connectivity index (χ0v) is 23.0. The van der Waals surface area contributed by atoms with E-state index < -0.39 is 23.3 Å². The number of fused-ring (bicyclic) bond motifs is 1. The molecule has 7 nitrogen and oxygen atoms in total. The Morgan fingerprint density at radius 2 is 1.76 bits per heavy atom. The Labute approximate surface area is 237 Å². The first-order valence-electron chi connectivity index (χ1n) is 13.4. The summed E-state index contributed by atoms with van der Waals surface area (Å²) in [6.07, 6.45) is 2.42. The molecule has 1 aliphatic rings. The van der Waals surface area contributed by atoms with Crippen LogP contribution in [0.15, 0.2) is 60.8 Å². The number of pyridine rings is 1. The van der Waals surface area contributed by atoms with E-state index >= 15 is 0 Å². The van der Waals surface area contributed by atoms with Gasteiger partial charge >= 0.3 is 6.09 Å². The molecule has 2 N–H and O–H groups in total. The number of phenols is 1. The number of para-hydroxylation sites is 1. The van der Waals surface area contributed by atoms with Crippen molar-refractivity contribution in [3.05, 3.63) is 83.8 Å². The number of benzene rings is 3. The summed E-state index contributed by atoms with van der Waals surface area (Å²) in [6, 6.07) is 13.8. The van der Waals surface area contributed by atoms with Gasteiger partial charge in [-0.3, -0.25) is 4.98 Å². The number of amides is 1. The van der Waals surface area contributed by atoms with Crippen LogP contribution in [0.25, 0.3) is 38.0 Å². The van der Waals surface area contributed by atoms with E-state index in [0.717, 1.165) is 17.1 Å². The van der Waals surface area contributed by atoms with Gasteiger partial charge in [0.15, 0.2) is 0 Å². The molecule has 9 heteroatoms. The van der Waals surface area contributed by atoms with Gasteiger partial charge in [-0.05, 0) is 69.0 Å². The molecule has 4 aromatic rings. The topological polar surface area (TPSA) is 79.1 Å². The van der Waals surface area contributed by atoms with Crippen LogP contribution in [0, 0.1) is 18.2 Å². The lowest BCUT2D eigenvalue weighted by atomic mass is 9.95. The predicted octanol–water partition coefficient (Wildman–Crippen LogP) is 7.60. The zero-order chi connectivity index (χ0) is 29.3. The van der Waals surface area contributed by atoms with Gasteiger partial charge in [0, 0.05) is 47.9 Å². The number of aromatic hydroxyl groups is 1. The Morgan fingerprint density at radius 3 is 2.41 bits per heavy atom. The summed E-state index contributed by atoms with van der Waals surface area (Å²) in [4.78, 5) is 22.5. The highest BCUT2D eigenvalue weighted by atomic mass is 19.1. The number of ether oxygens (including phenoxy) is 1. The van der Waals surface area contributed by atoms with E-state index in [1.54, 1.807) is 24.4 Å². The van der Waals surface area contributed by atoms with Crippen molar-refractivity contribution in [2.75, 3.05) is 18.0 Å². The lowest BCUT2D eigenvalue weighted by Crippen LogP contribution is -2.46. The Hall–Kier alpha value is -4.71. The van der Waals surface area contributed by atoms with Gasteiger partial charge in [0.2, 0.25) is 5.69 Å². The van der Waals surface area contributed by atoms with Gasteiger partial charge in [0.1, 0.15) is 23.0 Å². The van der Waals surface area contributed by atoms with E-state index in [0.29, 0.717) is 53.7 Å². The highest BCUT2D eigenvalue weighted by Crippen LogP contribution is 2.42. The normalized spacial score (nSPS) is 14.1. The fourth-order valence-electron chi connectivity index (χ4n) is 5.18. The van der Waals surface area contributed by atoms with Crippen molar-refractivity contribution < 1.29 is 23.4 Å². The molecule has 5 rings (SSSR count). The molecule has 1 amide bonds. The molecule has 0 bridgehead atoms. The summed E-state index contributed by atoms with van der Waals surface area (Å²) in [5.74, 6) is -1.50. The number of hydrogen-bond acceptors (Lipinski definition) is 5. The number of carbonyl (C=O) groups is 1. The zero-order valence-electron chi connectivity index (χ0n) is 23.0. The molecular weight excluding hydrogens is 526 g/mol. The standard InChI is InChI=1S/C32H30F2N4O3/c1-32(2,3)41-31(40)37-23-10-12-38(13-11-23)29-25-16-19(24-6-5-7-28(35-4)30(24)39)8-9-27(25)36-18-26(29)20-14-21(33)17-22(34)15-20/h5-9,14-18,23,39H,10-13H2,1-3H3,(H,37,40). The lowest BCUT2D eigenvalue weighted by molar-refractivity contribution is 0.0497. The molecular formula is C32H30F2N4O3. The number of nitrogens with zero attached hydrogens (tertiary/aromatic N) is 3. The van der Waals surface area contributed by atoms with Crippen LogP contribution < -0.4 is 10.2 Å². The average Bonchev–Trinajstić information content (AvgIpc) is 2.91. The molecule has 41 heavy (non-hydrogen) atoms. The van der Waals surface area contributed by atoms with Gasteiger partial charge in [0.05, 0.1) is 17.8 Å². The predicted molar refractivity (Wildman–Crippen MR) is 155 cm³/mol. The van der Waals surface area contributed by atoms with Crippen LogP contribution in [0.1, 0.15) is 33.6 Å². The fourth-order valence-corrected chi connectivity index (χ4v) is 5.18. The molecule has 1 fully saturated rings. The highest BCUT2D eigenvalue weighted by molar-refractivity contribution is 6.02. The molecule has 0 radical (unpaired) electrons. The van der Waals surface area contributed by atoms with Crippen molar-refractivity contribution in [1.82, 2.24) is 10.3 Å². The van der Waals surface area contributed by atoms with Gasteiger partial charge < -0.3 is 20.1 Å². The molecule has 0 unspecified atom stereocenters. The smallest absolute Gasteiger partial charge is 0.407 e. The largest absolute Gasteiger partial charge is 0.518 e. The van der Waals surface area contributed by atoms with E-state index in [-0.39, 0.29) is 17.5 Å². The first-order valence-corrected chi connectivity index (χ1v) is 13.4. The first kappa shape index (κ1) is 27.8. The van der Waals surface area contributed by atoms with E-state index in [1.165, 1.54) is 12.1 Å². The number of carbonyl (C=O) groups excluding carboxylic acids is 1. The summed E-state index contributed by atoms with van der Waals surface area (Å²) in [6.45, 7) is 13.9. The quantitative estimate of drug-likeness (QED) is 0.253. The SMILES string of the molecule is [C-]#[N+]c1cccc(-c2ccc3ncc(-c4cc(F)cc(F)c4)c(N4CCC(NC(=O)OC(C)(C)C)CC4)c3c2)c1O. The summed E-state index contributed by atoms with van der Waals surface area (Å²) in [7, 11) is 0. The van der Waals surface area contributed by atoms with Crippen LogP contribution in [0.2, 0.25) is 0 Å². The molecule has 1 aromatic heterocycles. The van der Waals surface area contributed by atoms with Gasteiger partial charge in [-0.25, -0.2) is 18.4 Å². The minimum absolute atomic E-state index is 0.0897. The number of alkyl carbamates (subject to hydrolysis) is 1. The first-order chi connectivity index (χ1) is 19.5. The van der Waals surface area contributed by atoms with Crippen molar-refractivity contribution in [1.29, 1.82) is 0 Å². The monoisotopic (exact) mass is 556 g/mol. The number of anilines is 1. The third kappa shape index (κ3) is 6.07. The second-order valence-corrected chi connectivity index (χ2v) is 11.1. The van der Waals surface area contributed by atoms with Gasteiger partial charge in [0.25, 0.3) is 0 Å². The number of nitrogens with one attached hydrogen (secondary N) is 1. The van der Waals surface area contributed by atoms with E-state index in [1.807, 2.05) is 39.0 Å². The molecule has 210 valence electrons. The van der Waals surface area contributed by atoms with Crippen molar-refractivity contribution in [2.45, 2.75) is 45.3 Å². The average molecular weight is 557 g/mol. The lowest BCUT2D eigenvalue weighted by Gasteiger charge is -2.36. The van der Waals surface area contributed by atoms with Gasteiger partial charge in [-0.1, -0.05) is 24.3 Å². The number of aromatic nitrogens is 1. The second kappa shape index (κ2) is 11.0. The Morgan fingerprint density at radius 1 is 1.05 bits per heavy atom. The Bertz CT molecular complexity index is 1650. The van der Waals surface area contributed by atoms with Crippen LogP contribution >= 0.6 is 0 Å². The molecule has 1 aliphatic heterocycles. The Balaban J connectivity index is 1.57. The van der Waals surface area contributed by atoms with Crippen LogP contribution in [0.3, 0.4) is 0 Å². The third-order valence-corrected chi connectivity index (χ3v) is 6.99. The Kier molecular flexibility index (Phi) is 7.50. The van der Waals surface area contributed by atoms with Crippen molar-refractivity contribution in [3.8, 4) is 28.0 Å². The number of phenolic OH excluding ortho intramolecular Hbond substituents is 1. The number of hydrogen-bond donors (Lipinski definition) is 2. The van der Waals surface area contributed by atoms with Crippen molar-refractivity contribution >= 4 is 28.4 Å². The summed E-state index contributed by atoms with van der Waals surface area (Å²) < 4.78 is 34.0. The second-order valence-electron chi connectivity index (χ2n) is 11.1. The number of piperidine rings is 1. The maximum atomic E-state index is 14.3. The molecule has 0 spiro atoms. The van der Waals surface area contributed by atoms with Crippen LogP contribution in [-0.4, -0.2) is 40.9 Å². The molecule has 2 heterocycles.